The van der Waals surface area contributed by atoms with E-state index >= 15 is 0 Å². The Morgan fingerprint density at radius 3 is 2.59 bits per heavy atom. The van der Waals surface area contributed by atoms with Gasteiger partial charge in [-0.2, -0.15) is 0 Å². The molecule has 3 aliphatic rings. The maximum absolute atomic E-state index is 13.2. The van der Waals surface area contributed by atoms with Crippen LogP contribution in [0.2, 0.25) is 0 Å². The minimum atomic E-state index is -0.280. The first kappa shape index (κ1) is 14.6. The van der Waals surface area contributed by atoms with Gasteiger partial charge in [-0.05, 0) is 35.4 Å². The Morgan fingerprint density at radius 1 is 0.926 bits per heavy atom. The molecule has 4 nitrogen and oxygen atoms in total. The third kappa shape index (κ3) is 1.79. The zero-order valence-corrected chi connectivity index (χ0v) is 14.3. The van der Waals surface area contributed by atoms with Crippen molar-refractivity contribution in [2.24, 2.45) is 11.8 Å². The predicted molar refractivity (Wildman–Crippen MR) is 105 cm³/mol. The Hall–Kier alpha value is -3.53. The molecule has 1 aromatic heterocycles. The van der Waals surface area contributed by atoms with E-state index in [1.807, 2.05) is 66.8 Å². The summed E-state index contributed by atoms with van der Waals surface area (Å²) in [5, 5.41) is 0.590. The third-order valence-corrected chi connectivity index (χ3v) is 5.75. The molecular formula is C23H14N2O2. The SMILES string of the molecule is O=C1c2ccccc2C2=Cc3nc4ccccc4c(=O)n3C3=CC=CC1C23. The fourth-order valence-corrected chi connectivity index (χ4v) is 4.58. The summed E-state index contributed by atoms with van der Waals surface area (Å²) in [7, 11) is 0. The molecule has 2 unspecified atom stereocenters. The molecule has 0 fully saturated rings. The fraction of sp³-hybridized carbons (Fsp3) is 0.0870. The molecule has 0 N–H and O–H groups in total. The van der Waals surface area contributed by atoms with E-state index in [9.17, 15) is 9.59 Å². The molecular weight excluding hydrogens is 336 g/mol. The number of nitrogens with zero attached hydrogens (tertiary/aromatic N) is 2. The van der Waals surface area contributed by atoms with Gasteiger partial charge in [0.2, 0.25) is 0 Å². The number of aromatic nitrogens is 2. The van der Waals surface area contributed by atoms with Gasteiger partial charge >= 0.3 is 0 Å². The van der Waals surface area contributed by atoms with Crippen molar-refractivity contribution < 1.29 is 4.79 Å². The highest BCUT2D eigenvalue weighted by Gasteiger charge is 2.43. The van der Waals surface area contributed by atoms with Gasteiger partial charge in [0.15, 0.2) is 5.78 Å². The Balaban J connectivity index is 1.76. The molecule has 0 saturated heterocycles. The molecule has 3 aromatic rings. The van der Waals surface area contributed by atoms with Crippen molar-refractivity contribution in [2.45, 2.75) is 0 Å². The van der Waals surface area contributed by atoms with E-state index in [1.165, 1.54) is 0 Å². The van der Waals surface area contributed by atoms with E-state index in [0.29, 0.717) is 16.7 Å². The van der Waals surface area contributed by atoms with Crippen molar-refractivity contribution in [3.05, 3.63) is 94.1 Å². The summed E-state index contributed by atoms with van der Waals surface area (Å²) in [4.78, 5) is 31.0. The van der Waals surface area contributed by atoms with Gasteiger partial charge in [0.25, 0.3) is 5.56 Å². The molecule has 2 heterocycles. The van der Waals surface area contributed by atoms with Crippen LogP contribution in [0.1, 0.15) is 21.7 Å². The lowest BCUT2D eigenvalue weighted by atomic mass is 9.67. The van der Waals surface area contributed by atoms with Gasteiger partial charge in [-0.15, -0.1) is 0 Å². The van der Waals surface area contributed by atoms with E-state index < -0.39 is 0 Å². The summed E-state index contributed by atoms with van der Waals surface area (Å²) in [5.41, 5.74) is 4.19. The molecule has 2 aliphatic carbocycles. The molecule has 2 aromatic carbocycles. The van der Waals surface area contributed by atoms with Crippen LogP contribution in [0.3, 0.4) is 0 Å². The van der Waals surface area contributed by atoms with Crippen molar-refractivity contribution in [2.75, 3.05) is 0 Å². The zero-order chi connectivity index (χ0) is 18.1. The number of hydrogen-bond donors (Lipinski definition) is 0. The van der Waals surface area contributed by atoms with Crippen molar-refractivity contribution in [1.82, 2.24) is 9.55 Å². The number of carbonyl (C=O) groups is 1. The van der Waals surface area contributed by atoms with Gasteiger partial charge in [-0.3, -0.25) is 14.2 Å². The van der Waals surface area contributed by atoms with Crippen molar-refractivity contribution in [1.29, 1.82) is 0 Å². The zero-order valence-electron chi connectivity index (χ0n) is 14.3. The Kier molecular flexibility index (Phi) is 2.71. The fourth-order valence-electron chi connectivity index (χ4n) is 4.58. The first-order chi connectivity index (χ1) is 13.2. The van der Waals surface area contributed by atoms with E-state index in [1.54, 1.807) is 10.6 Å². The number of para-hydroxylation sites is 1. The van der Waals surface area contributed by atoms with E-state index in [4.69, 9.17) is 4.98 Å². The molecule has 6 rings (SSSR count). The predicted octanol–water partition coefficient (Wildman–Crippen LogP) is 3.79. The maximum atomic E-state index is 13.2. The highest BCUT2D eigenvalue weighted by molar-refractivity contribution is 6.12. The van der Waals surface area contributed by atoms with Crippen LogP contribution in [0, 0.1) is 11.8 Å². The average molecular weight is 350 g/mol. The molecule has 128 valence electrons. The lowest BCUT2D eigenvalue weighted by molar-refractivity contribution is 0.0928. The highest BCUT2D eigenvalue weighted by atomic mass is 16.1. The largest absolute Gasteiger partial charge is 0.293 e. The van der Waals surface area contributed by atoms with Crippen LogP contribution in [-0.2, 0) is 0 Å². The summed E-state index contributed by atoms with van der Waals surface area (Å²) in [6, 6.07) is 15.1. The molecule has 27 heavy (non-hydrogen) atoms. The van der Waals surface area contributed by atoms with E-state index in [2.05, 4.69) is 0 Å². The summed E-state index contributed by atoms with van der Waals surface area (Å²) < 4.78 is 1.67. The number of hydrogen-bond acceptors (Lipinski definition) is 3. The first-order valence-corrected chi connectivity index (χ1v) is 9.00. The van der Waals surface area contributed by atoms with Crippen molar-refractivity contribution in [3.8, 4) is 0 Å². The molecule has 0 spiro atoms. The number of allylic oxidation sites excluding steroid dienone is 5. The van der Waals surface area contributed by atoms with Crippen molar-refractivity contribution >= 4 is 34.0 Å². The minimum absolute atomic E-state index is 0.0856. The average Bonchev–Trinajstić information content (AvgIpc) is 2.71. The van der Waals surface area contributed by atoms with Gasteiger partial charge in [0.1, 0.15) is 5.82 Å². The van der Waals surface area contributed by atoms with Crippen LogP contribution in [0.15, 0.2) is 71.6 Å². The lowest BCUT2D eigenvalue weighted by Gasteiger charge is -2.39. The summed E-state index contributed by atoms with van der Waals surface area (Å²) in [5.74, 6) is 0.303. The number of fused-ring (bicyclic) bond motifs is 5. The van der Waals surface area contributed by atoms with Gasteiger partial charge in [0, 0.05) is 17.2 Å². The number of Topliss-reactive ketones (excluding diaryl/α,β-unsaturated/α-hetero) is 1. The highest BCUT2D eigenvalue weighted by Crippen LogP contribution is 2.49. The van der Waals surface area contributed by atoms with Crippen LogP contribution in [0.4, 0.5) is 0 Å². The number of rotatable bonds is 0. The monoisotopic (exact) mass is 350 g/mol. The molecule has 0 amide bonds. The first-order valence-electron chi connectivity index (χ1n) is 9.00. The van der Waals surface area contributed by atoms with Crippen LogP contribution in [0.25, 0.3) is 28.2 Å². The summed E-state index contributed by atoms with van der Waals surface area (Å²) >= 11 is 0. The second kappa shape index (κ2) is 5.01. The molecule has 4 heteroatoms. The second-order valence-electron chi connectivity index (χ2n) is 7.12. The van der Waals surface area contributed by atoms with Crippen molar-refractivity contribution in [3.63, 3.8) is 0 Å². The quantitative estimate of drug-likeness (QED) is 0.620. The third-order valence-electron chi connectivity index (χ3n) is 5.75. The summed E-state index contributed by atoms with van der Waals surface area (Å²) in [6.45, 7) is 0. The second-order valence-corrected chi connectivity index (χ2v) is 7.12. The van der Waals surface area contributed by atoms with Crippen LogP contribution < -0.4 is 5.56 Å². The molecule has 0 bridgehead atoms. The standard InChI is InChI=1S/C23H14N2O2/c26-22-14-7-2-1-6-13(14)17-12-20-24-18-10-4-3-8-15(18)23(27)25(20)19-11-5-9-16(22)21(17)19/h1-12,16,21H. The molecule has 0 radical (unpaired) electrons. The van der Waals surface area contributed by atoms with Gasteiger partial charge in [-0.1, -0.05) is 48.6 Å². The number of carbonyl (C=O) groups excluding carboxylic acids is 1. The van der Waals surface area contributed by atoms with E-state index in [-0.39, 0.29) is 23.2 Å². The number of ketones is 1. The van der Waals surface area contributed by atoms with Crippen LogP contribution in [0.5, 0.6) is 0 Å². The van der Waals surface area contributed by atoms with Gasteiger partial charge in [0.05, 0.1) is 16.8 Å². The molecule has 1 aliphatic heterocycles. The minimum Gasteiger partial charge on any atom is -0.293 e. The molecule has 2 atom stereocenters. The Labute approximate surface area is 154 Å². The topological polar surface area (TPSA) is 52.0 Å². The van der Waals surface area contributed by atoms with Crippen LogP contribution in [-0.4, -0.2) is 15.3 Å². The van der Waals surface area contributed by atoms with Gasteiger partial charge in [-0.25, -0.2) is 4.98 Å². The normalized spacial score (nSPS) is 21.9. The van der Waals surface area contributed by atoms with E-state index in [0.717, 1.165) is 22.4 Å². The number of benzene rings is 2. The smallest absolute Gasteiger partial charge is 0.265 e. The Bertz CT molecular complexity index is 1320. The van der Waals surface area contributed by atoms with Crippen LogP contribution >= 0.6 is 0 Å². The molecule has 0 saturated carbocycles. The van der Waals surface area contributed by atoms with Gasteiger partial charge < -0.3 is 0 Å². The maximum Gasteiger partial charge on any atom is 0.265 e. The summed E-state index contributed by atoms with van der Waals surface area (Å²) in [6.07, 6.45) is 7.76. The Morgan fingerprint density at radius 2 is 1.70 bits per heavy atom. The lowest BCUT2D eigenvalue weighted by Crippen LogP contribution is -2.38.